The number of halogens is 1. The molecule has 27 heavy (non-hydrogen) atoms. The van der Waals surface area contributed by atoms with Gasteiger partial charge in [-0.25, -0.2) is 9.37 Å². The average Bonchev–Trinajstić information content (AvgIpc) is 3.21. The van der Waals surface area contributed by atoms with Gasteiger partial charge < -0.3 is 9.47 Å². The van der Waals surface area contributed by atoms with E-state index in [2.05, 4.69) is 24.5 Å². The Morgan fingerprint density at radius 2 is 1.89 bits per heavy atom. The number of hydrogen-bond acceptors (Lipinski definition) is 2. The molecule has 1 aromatic heterocycles. The minimum absolute atomic E-state index is 0.0436. The molecule has 0 radical (unpaired) electrons. The molecule has 2 heterocycles. The monoisotopic (exact) mass is 365 g/mol. The highest BCUT2D eigenvalue weighted by molar-refractivity contribution is 5.96. The van der Waals surface area contributed by atoms with Crippen molar-refractivity contribution in [1.29, 1.82) is 0 Å². The maximum Gasteiger partial charge on any atom is 0.227 e. The number of para-hydroxylation sites is 2. The van der Waals surface area contributed by atoms with Crippen molar-refractivity contribution in [2.75, 3.05) is 11.4 Å². The molecule has 1 atom stereocenters. The lowest BCUT2D eigenvalue weighted by Gasteiger charge is -2.18. The van der Waals surface area contributed by atoms with Gasteiger partial charge in [0.2, 0.25) is 5.91 Å². The average molecular weight is 365 g/mol. The van der Waals surface area contributed by atoms with E-state index in [9.17, 15) is 9.18 Å². The second-order valence-electron chi connectivity index (χ2n) is 7.67. The van der Waals surface area contributed by atoms with Crippen molar-refractivity contribution in [3.05, 3.63) is 60.2 Å². The number of fused-ring (bicyclic) bond motifs is 1. The van der Waals surface area contributed by atoms with Crippen LogP contribution in [-0.4, -0.2) is 22.0 Å². The van der Waals surface area contributed by atoms with Crippen LogP contribution in [0.15, 0.2) is 48.5 Å². The third-order valence-corrected chi connectivity index (χ3v) is 5.24. The van der Waals surface area contributed by atoms with Crippen molar-refractivity contribution in [3.8, 4) is 0 Å². The first-order valence-corrected chi connectivity index (χ1v) is 9.54. The summed E-state index contributed by atoms with van der Waals surface area (Å²) >= 11 is 0. The number of aromatic nitrogens is 2. The predicted octanol–water partition coefficient (Wildman–Crippen LogP) is 4.74. The molecule has 0 saturated carbocycles. The Balaban J connectivity index is 1.66. The van der Waals surface area contributed by atoms with Crippen molar-refractivity contribution in [2.45, 2.75) is 39.2 Å². The molecule has 0 spiro atoms. The molecule has 1 unspecified atom stereocenters. The highest BCUT2D eigenvalue weighted by Gasteiger charge is 2.34. The van der Waals surface area contributed by atoms with Gasteiger partial charge in [0, 0.05) is 31.1 Å². The van der Waals surface area contributed by atoms with Crippen LogP contribution in [0.5, 0.6) is 0 Å². The zero-order valence-corrected chi connectivity index (χ0v) is 15.7. The number of aryl methyl sites for hydroxylation is 1. The molecule has 140 valence electrons. The largest absolute Gasteiger partial charge is 0.328 e. The fourth-order valence-electron chi connectivity index (χ4n) is 3.78. The summed E-state index contributed by atoms with van der Waals surface area (Å²) in [7, 11) is 0. The smallest absolute Gasteiger partial charge is 0.227 e. The molecule has 2 aromatic carbocycles. The van der Waals surface area contributed by atoms with Crippen molar-refractivity contribution in [3.63, 3.8) is 0 Å². The quantitative estimate of drug-likeness (QED) is 0.655. The van der Waals surface area contributed by atoms with Crippen molar-refractivity contribution >= 4 is 22.6 Å². The Labute approximate surface area is 158 Å². The van der Waals surface area contributed by atoms with Crippen LogP contribution in [0.2, 0.25) is 0 Å². The standard InChI is InChI=1S/C22H24FN3O/c1-15(2)11-12-25-20-6-4-3-5-19(20)24-22(25)16-13-21(27)26(14-16)18-9-7-17(23)8-10-18/h3-10,15-16H,11-14H2,1-2H3. The number of rotatable bonds is 5. The van der Waals surface area contributed by atoms with Crippen LogP contribution >= 0.6 is 0 Å². The molecule has 5 heteroatoms. The number of carbonyl (C=O) groups excluding carboxylic acids is 1. The molecule has 0 aliphatic carbocycles. The van der Waals surface area contributed by atoms with E-state index >= 15 is 0 Å². The van der Waals surface area contributed by atoms with Gasteiger partial charge in [0.15, 0.2) is 0 Å². The second kappa shape index (κ2) is 7.14. The predicted molar refractivity (Wildman–Crippen MR) is 105 cm³/mol. The van der Waals surface area contributed by atoms with Crippen LogP contribution < -0.4 is 4.90 Å². The fraction of sp³-hybridized carbons (Fsp3) is 0.364. The normalized spacial score (nSPS) is 17.4. The zero-order valence-electron chi connectivity index (χ0n) is 15.7. The van der Waals surface area contributed by atoms with Crippen LogP contribution in [0.3, 0.4) is 0 Å². The molecule has 1 saturated heterocycles. The van der Waals surface area contributed by atoms with E-state index in [1.54, 1.807) is 17.0 Å². The number of anilines is 1. The number of benzene rings is 2. The van der Waals surface area contributed by atoms with E-state index in [4.69, 9.17) is 4.98 Å². The third kappa shape index (κ3) is 3.46. The molecular formula is C22H24FN3O. The van der Waals surface area contributed by atoms with Crippen LogP contribution in [0, 0.1) is 11.7 Å². The van der Waals surface area contributed by atoms with Gasteiger partial charge in [-0.1, -0.05) is 26.0 Å². The molecule has 0 N–H and O–H groups in total. The molecule has 1 amide bonds. The lowest BCUT2D eigenvalue weighted by Crippen LogP contribution is -2.24. The van der Waals surface area contributed by atoms with E-state index in [-0.39, 0.29) is 17.6 Å². The summed E-state index contributed by atoms with van der Waals surface area (Å²) in [6, 6.07) is 14.3. The first kappa shape index (κ1) is 17.7. The van der Waals surface area contributed by atoms with Gasteiger partial charge in [0.25, 0.3) is 0 Å². The number of amides is 1. The second-order valence-corrected chi connectivity index (χ2v) is 7.67. The number of hydrogen-bond donors (Lipinski definition) is 0. The van der Waals surface area contributed by atoms with Gasteiger partial charge in [0.05, 0.1) is 11.0 Å². The topological polar surface area (TPSA) is 38.1 Å². The summed E-state index contributed by atoms with van der Waals surface area (Å²) in [5, 5.41) is 0. The maximum atomic E-state index is 13.2. The first-order valence-electron chi connectivity index (χ1n) is 9.54. The Kier molecular flexibility index (Phi) is 4.68. The summed E-state index contributed by atoms with van der Waals surface area (Å²) in [6.45, 7) is 5.91. The van der Waals surface area contributed by atoms with Gasteiger partial charge in [-0.15, -0.1) is 0 Å². The van der Waals surface area contributed by atoms with E-state index in [1.165, 1.54) is 12.1 Å². The number of carbonyl (C=O) groups is 1. The molecule has 4 nitrogen and oxygen atoms in total. The van der Waals surface area contributed by atoms with E-state index in [0.717, 1.165) is 35.5 Å². The lowest BCUT2D eigenvalue weighted by molar-refractivity contribution is -0.117. The third-order valence-electron chi connectivity index (χ3n) is 5.24. The van der Waals surface area contributed by atoms with Gasteiger partial charge in [-0.3, -0.25) is 4.79 Å². The van der Waals surface area contributed by atoms with E-state index in [1.807, 2.05) is 18.2 Å². The van der Waals surface area contributed by atoms with Crippen molar-refractivity contribution in [1.82, 2.24) is 9.55 Å². The fourth-order valence-corrected chi connectivity index (χ4v) is 3.78. The Morgan fingerprint density at radius 1 is 1.15 bits per heavy atom. The maximum absolute atomic E-state index is 13.2. The van der Waals surface area contributed by atoms with Crippen LogP contribution in [0.25, 0.3) is 11.0 Å². The molecule has 1 aliphatic heterocycles. The van der Waals surface area contributed by atoms with Crippen molar-refractivity contribution < 1.29 is 9.18 Å². The Bertz CT molecular complexity index is 961. The van der Waals surface area contributed by atoms with Crippen LogP contribution in [0.1, 0.15) is 38.4 Å². The molecule has 1 aliphatic rings. The minimum atomic E-state index is -0.294. The number of nitrogens with zero attached hydrogens (tertiary/aromatic N) is 3. The lowest BCUT2D eigenvalue weighted by atomic mass is 10.1. The van der Waals surface area contributed by atoms with Gasteiger partial charge in [-0.2, -0.15) is 0 Å². The minimum Gasteiger partial charge on any atom is -0.328 e. The van der Waals surface area contributed by atoms with Gasteiger partial charge in [-0.05, 0) is 48.7 Å². The molecule has 0 bridgehead atoms. The summed E-state index contributed by atoms with van der Waals surface area (Å²) in [5.74, 6) is 1.39. The zero-order chi connectivity index (χ0) is 19.0. The summed E-state index contributed by atoms with van der Waals surface area (Å²) in [4.78, 5) is 19.3. The van der Waals surface area contributed by atoms with Crippen molar-refractivity contribution in [2.24, 2.45) is 5.92 Å². The summed E-state index contributed by atoms with van der Waals surface area (Å²) in [6.07, 6.45) is 1.50. The summed E-state index contributed by atoms with van der Waals surface area (Å²) < 4.78 is 15.5. The highest BCUT2D eigenvalue weighted by atomic mass is 19.1. The number of imidazole rings is 1. The van der Waals surface area contributed by atoms with E-state index < -0.39 is 0 Å². The van der Waals surface area contributed by atoms with Crippen LogP contribution in [-0.2, 0) is 11.3 Å². The Hall–Kier alpha value is -2.69. The summed E-state index contributed by atoms with van der Waals surface area (Å²) in [5.41, 5.74) is 2.85. The molecule has 4 rings (SSSR count). The van der Waals surface area contributed by atoms with Gasteiger partial charge in [0.1, 0.15) is 11.6 Å². The SMILES string of the molecule is CC(C)CCn1c(C2CC(=O)N(c3ccc(F)cc3)C2)nc2ccccc21. The first-order chi connectivity index (χ1) is 13.0. The van der Waals surface area contributed by atoms with Gasteiger partial charge >= 0.3 is 0 Å². The Morgan fingerprint density at radius 3 is 2.63 bits per heavy atom. The van der Waals surface area contributed by atoms with E-state index in [0.29, 0.717) is 18.9 Å². The molecule has 3 aromatic rings. The molecule has 1 fully saturated rings. The highest BCUT2D eigenvalue weighted by Crippen LogP contribution is 2.33. The van der Waals surface area contributed by atoms with Crippen LogP contribution in [0.4, 0.5) is 10.1 Å². The molecular weight excluding hydrogens is 341 g/mol.